The SMILES string of the molecule is Cc1cccc(S(=O)(=O)N2Cc3ccnn3C(CCN3CCCC3)C2)c1.O=C(O)C(F)(F)F. The molecule has 1 N–H and O–H groups in total. The molecule has 1 aromatic carbocycles. The van der Waals surface area contributed by atoms with Crippen molar-refractivity contribution in [3.63, 3.8) is 0 Å². The molecule has 8 nitrogen and oxygen atoms in total. The molecule has 0 bridgehead atoms. The van der Waals surface area contributed by atoms with Crippen molar-refractivity contribution in [2.45, 2.75) is 49.8 Å². The second-order valence-corrected chi connectivity index (χ2v) is 10.1. The van der Waals surface area contributed by atoms with Crippen LogP contribution in [0, 0.1) is 6.92 Å². The number of aromatic nitrogens is 2. The maximum atomic E-state index is 13.2. The van der Waals surface area contributed by atoms with Gasteiger partial charge in [0.15, 0.2) is 0 Å². The third-order valence-corrected chi connectivity index (χ3v) is 7.51. The van der Waals surface area contributed by atoms with Crippen LogP contribution in [0.1, 0.15) is 36.6 Å². The maximum absolute atomic E-state index is 13.2. The van der Waals surface area contributed by atoms with Crippen LogP contribution in [0.3, 0.4) is 0 Å². The highest BCUT2D eigenvalue weighted by Gasteiger charge is 2.38. The van der Waals surface area contributed by atoms with Gasteiger partial charge in [0, 0.05) is 19.3 Å². The number of nitrogens with zero attached hydrogens (tertiary/aromatic N) is 4. The summed E-state index contributed by atoms with van der Waals surface area (Å²) in [6, 6.07) is 9.19. The van der Waals surface area contributed by atoms with Gasteiger partial charge in [-0.1, -0.05) is 12.1 Å². The first kappa shape index (κ1) is 25.2. The molecule has 0 aliphatic carbocycles. The third-order valence-electron chi connectivity index (χ3n) is 5.70. The van der Waals surface area contributed by atoms with Gasteiger partial charge in [-0.25, -0.2) is 13.2 Å². The number of halogens is 3. The number of hydrogen-bond donors (Lipinski definition) is 1. The number of carboxylic acids is 1. The summed E-state index contributed by atoms with van der Waals surface area (Å²) >= 11 is 0. The molecule has 2 aliphatic rings. The largest absolute Gasteiger partial charge is 0.490 e. The Balaban J connectivity index is 0.000000383. The quantitative estimate of drug-likeness (QED) is 0.695. The van der Waals surface area contributed by atoms with Crippen molar-refractivity contribution in [3.05, 3.63) is 47.8 Å². The number of alkyl halides is 3. The maximum Gasteiger partial charge on any atom is 0.490 e. The van der Waals surface area contributed by atoms with Crippen LogP contribution in [-0.2, 0) is 21.4 Å². The number of fused-ring (bicyclic) bond motifs is 1. The molecule has 1 aromatic heterocycles. The summed E-state index contributed by atoms with van der Waals surface area (Å²) in [4.78, 5) is 11.7. The summed E-state index contributed by atoms with van der Waals surface area (Å²) in [5.74, 6) is -2.76. The van der Waals surface area contributed by atoms with Crippen molar-refractivity contribution in [2.75, 3.05) is 26.2 Å². The van der Waals surface area contributed by atoms with Gasteiger partial charge in [0.05, 0.1) is 23.2 Å². The van der Waals surface area contributed by atoms with Crippen LogP contribution in [0.15, 0.2) is 41.4 Å². The summed E-state index contributed by atoms with van der Waals surface area (Å²) in [6.07, 6.45) is 0.159. The average molecular weight is 489 g/mol. The Morgan fingerprint density at radius 2 is 1.88 bits per heavy atom. The zero-order chi connectivity index (χ0) is 24.2. The van der Waals surface area contributed by atoms with E-state index in [1.54, 1.807) is 28.7 Å². The van der Waals surface area contributed by atoms with Crippen molar-refractivity contribution < 1.29 is 31.5 Å². The van der Waals surface area contributed by atoms with Crippen LogP contribution in [0.5, 0.6) is 0 Å². The van der Waals surface area contributed by atoms with E-state index in [4.69, 9.17) is 9.90 Å². The molecule has 2 aliphatic heterocycles. The van der Waals surface area contributed by atoms with Crippen molar-refractivity contribution >= 4 is 16.0 Å². The Hall–Kier alpha value is -2.44. The number of likely N-dealkylation sites (tertiary alicyclic amines) is 1. The fourth-order valence-corrected chi connectivity index (χ4v) is 5.57. The van der Waals surface area contributed by atoms with Crippen LogP contribution in [0.2, 0.25) is 0 Å². The van der Waals surface area contributed by atoms with Crippen LogP contribution < -0.4 is 0 Å². The van der Waals surface area contributed by atoms with Gasteiger partial charge in [-0.05, 0) is 63.0 Å². The van der Waals surface area contributed by atoms with Crippen molar-refractivity contribution in [2.24, 2.45) is 0 Å². The number of aliphatic carboxylic acids is 1. The molecule has 1 atom stereocenters. The minimum Gasteiger partial charge on any atom is -0.475 e. The fraction of sp³-hybridized carbons (Fsp3) is 0.524. The second-order valence-electron chi connectivity index (χ2n) is 8.18. The molecule has 1 unspecified atom stereocenters. The molecule has 1 saturated heterocycles. The molecule has 0 amide bonds. The molecule has 0 spiro atoms. The average Bonchev–Trinajstić information content (AvgIpc) is 3.43. The van der Waals surface area contributed by atoms with Gasteiger partial charge in [0.1, 0.15) is 0 Å². The molecule has 182 valence electrons. The number of aryl methyl sites for hydroxylation is 1. The van der Waals surface area contributed by atoms with Crippen LogP contribution in [0.4, 0.5) is 13.2 Å². The number of benzene rings is 1. The van der Waals surface area contributed by atoms with Gasteiger partial charge >= 0.3 is 12.1 Å². The first-order valence-electron chi connectivity index (χ1n) is 10.6. The summed E-state index contributed by atoms with van der Waals surface area (Å²) in [7, 11) is -3.50. The molecule has 0 saturated carbocycles. The predicted octanol–water partition coefficient (Wildman–Crippen LogP) is 3.06. The first-order chi connectivity index (χ1) is 15.5. The molecule has 33 heavy (non-hydrogen) atoms. The van der Waals surface area contributed by atoms with Crippen molar-refractivity contribution in [1.29, 1.82) is 0 Å². The van der Waals surface area contributed by atoms with E-state index in [0.717, 1.165) is 37.3 Å². The topological polar surface area (TPSA) is 95.7 Å². The molecule has 2 aromatic rings. The van der Waals surface area contributed by atoms with E-state index in [9.17, 15) is 21.6 Å². The van der Waals surface area contributed by atoms with E-state index in [2.05, 4.69) is 10.00 Å². The highest BCUT2D eigenvalue weighted by Crippen LogP contribution is 2.28. The van der Waals surface area contributed by atoms with Crippen LogP contribution in [0.25, 0.3) is 0 Å². The highest BCUT2D eigenvalue weighted by molar-refractivity contribution is 7.89. The van der Waals surface area contributed by atoms with E-state index < -0.39 is 22.2 Å². The second kappa shape index (κ2) is 10.2. The zero-order valence-corrected chi connectivity index (χ0v) is 19.0. The van der Waals surface area contributed by atoms with Gasteiger partial charge in [-0.15, -0.1) is 0 Å². The van der Waals surface area contributed by atoms with E-state index >= 15 is 0 Å². The molecule has 4 rings (SSSR count). The van der Waals surface area contributed by atoms with Gasteiger partial charge < -0.3 is 10.0 Å². The molecule has 0 radical (unpaired) electrons. The fourth-order valence-electron chi connectivity index (χ4n) is 4.01. The number of rotatable bonds is 5. The van der Waals surface area contributed by atoms with Gasteiger partial charge in [0.25, 0.3) is 0 Å². The van der Waals surface area contributed by atoms with Crippen LogP contribution >= 0.6 is 0 Å². The molecule has 3 heterocycles. The Morgan fingerprint density at radius 1 is 1.21 bits per heavy atom. The number of carbonyl (C=O) groups is 1. The Labute approximate surface area is 190 Å². The lowest BCUT2D eigenvalue weighted by atomic mass is 10.1. The Morgan fingerprint density at radius 3 is 2.48 bits per heavy atom. The van der Waals surface area contributed by atoms with E-state index in [-0.39, 0.29) is 6.04 Å². The van der Waals surface area contributed by atoms with E-state index in [1.807, 2.05) is 23.7 Å². The number of hydrogen-bond acceptors (Lipinski definition) is 5. The van der Waals surface area contributed by atoms with Gasteiger partial charge in [-0.2, -0.15) is 22.6 Å². The van der Waals surface area contributed by atoms with Gasteiger partial charge in [0.2, 0.25) is 10.0 Å². The molecular formula is C21H27F3N4O4S. The lowest BCUT2D eigenvalue weighted by Crippen LogP contribution is -2.42. The third kappa shape index (κ3) is 6.33. The summed E-state index contributed by atoms with van der Waals surface area (Å²) < 4.78 is 61.7. The standard InChI is InChI=1S/C19H26N4O2S.C2HF3O2/c1-16-5-4-6-19(13-16)26(24,25)22-14-17-7-9-20-23(17)18(15-22)8-12-21-10-2-3-11-21;3-2(4,5)1(6)7/h4-7,9,13,18H,2-3,8,10-12,14-15H2,1H3;(H,6,7). The smallest absolute Gasteiger partial charge is 0.475 e. The van der Waals surface area contributed by atoms with E-state index in [0.29, 0.717) is 18.0 Å². The van der Waals surface area contributed by atoms with Gasteiger partial charge in [-0.3, -0.25) is 4.68 Å². The molecule has 12 heteroatoms. The normalized spacial score (nSPS) is 19.6. The minimum atomic E-state index is -5.08. The Kier molecular flexibility index (Phi) is 7.80. The lowest BCUT2D eigenvalue weighted by molar-refractivity contribution is -0.192. The monoisotopic (exact) mass is 488 g/mol. The Bertz CT molecular complexity index is 1070. The first-order valence-corrected chi connectivity index (χ1v) is 12.0. The molecule has 1 fully saturated rings. The number of carboxylic acid groups (broad SMARTS) is 1. The predicted molar refractivity (Wildman–Crippen MR) is 114 cm³/mol. The minimum absolute atomic E-state index is 0.0916. The highest BCUT2D eigenvalue weighted by atomic mass is 32.2. The van der Waals surface area contributed by atoms with E-state index in [1.165, 1.54) is 12.8 Å². The summed E-state index contributed by atoms with van der Waals surface area (Å²) in [5, 5.41) is 11.6. The van der Waals surface area contributed by atoms with Crippen molar-refractivity contribution in [3.8, 4) is 0 Å². The zero-order valence-electron chi connectivity index (χ0n) is 18.2. The van der Waals surface area contributed by atoms with Crippen molar-refractivity contribution in [1.82, 2.24) is 19.0 Å². The summed E-state index contributed by atoms with van der Waals surface area (Å²) in [5.41, 5.74) is 1.93. The number of sulfonamides is 1. The van der Waals surface area contributed by atoms with Crippen LogP contribution in [-0.4, -0.2) is 70.8 Å². The molecular weight excluding hydrogens is 461 g/mol. The summed E-state index contributed by atoms with van der Waals surface area (Å²) in [6.45, 7) is 6.11. The lowest BCUT2D eigenvalue weighted by Gasteiger charge is -2.34.